The fourth-order valence-corrected chi connectivity index (χ4v) is 3.39. The number of halogens is 1. The van der Waals surface area contributed by atoms with E-state index in [2.05, 4.69) is 12.2 Å². The van der Waals surface area contributed by atoms with Gasteiger partial charge in [-0.25, -0.2) is 0 Å². The zero-order valence-electron chi connectivity index (χ0n) is 15.9. The monoisotopic (exact) mass is 388 g/mol. The minimum Gasteiger partial charge on any atom is -0.489 e. The van der Waals surface area contributed by atoms with Gasteiger partial charge in [0.2, 0.25) is 0 Å². The molecule has 1 fully saturated rings. The number of likely N-dealkylation sites (tertiary alicyclic amines) is 1. The molecule has 1 aliphatic rings. The van der Waals surface area contributed by atoms with E-state index in [1.165, 1.54) is 0 Å². The topological polar surface area (TPSA) is 41.6 Å². The van der Waals surface area contributed by atoms with Crippen molar-refractivity contribution in [3.05, 3.63) is 65.7 Å². The minimum atomic E-state index is 0. The first-order valence-electron chi connectivity index (χ1n) is 9.53. The Morgan fingerprint density at radius 2 is 1.74 bits per heavy atom. The molecule has 1 aliphatic heterocycles. The molecule has 0 saturated carbocycles. The molecule has 1 amide bonds. The molecule has 0 aromatic heterocycles. The largest absolute Gasteiger partial charge is 0.489 e. The SMILES string of the molecule is CCNCC1CCN(C(=O)c2ccccc2COc2ccccc2)CC1.Cl. The van der Waals surface area contributed by atoms with Crippen molar-refractivity contribution >= 4 is 18.3 Å². The Kier molecular flexibility index (Phi) is 8.62. The van der Waals surface area contributed by atoms with Crippen molar-refractivity contribution in [2.45, 2.75) is 26.4 Å². The van der Waals surface area contributed by atoms with E-state index in [0.29, 0.717) is 12.5 Å². The highest BCUT2D eigenvalue weighted by Crippen LogP contribution is 2.21. The van der Waals surface area contributed by atoms with Crippen molar-refractivity contribution in [3.8, 4) is 5.75 Å². The van der Waals surface area contributed by atoms with Gasteiger partial charge in [-0.05, 0) is 50.0 Å². The summed E-state index contributed by atoms with van der Waals surface area (Å²) in [6.07, 6.45) is 2.14. The van der Waals surface area contributed by atoms with Crippen LogP contribution in [0, 0.1) is 5.92 Å². The molecule has 3 rings (SSSR count). The van der Waals surface area contributed by atoms with Gasteiger partial charge in [-0.3, -0.25) is 4.79 Å². The number of hydrogen-bond acceptors (Lipinski definition) is 3. The number of piperidine rings is 1. The molecule has 2 aromatic carbocycles. The summed E-state index contributed by atoms with van der Waals surface area (Å²) in [7, 11) is 0. The summed E-state index contributed by atoms with van der Waals surface area (Å²) in [5.41, 5.74) is 1.70. The average molecular weight is 389 g/mol. The number of carbonyl (C=O) groups excluding carboxylic acids is 1. The smallest absolute Gasteiger partial charge is 0.254 e. The van der Waals surface area contributed by atoms with Gasteiger partial charge < -0.3 is 15.0 Å². The second kappa shape index (κ2) is 11.0. The Bertz CT molecular complexity index is 700. The van der Waals surface area contributed by atoms with Crippen LogP contribution in [0.4, 0.5) is 0 Å². The number of rotatable bonds is 7. The molecular formula is C22H29ClN2O2. The van der Waals surface area contributed by atoms with Crippen LogP contribution in [0.15, 0.2) is 54.6 Å². The quantitative estimate of drug-likeness (QED) is 0.774. The normalized spacial score (nSPS) is 14.5. The molecule has 1 heterocycles. The summed E-state index contributed by atoms with van der Waals surface area (Å²) in [6, 6.07) is 17.5. The third-order valence-electron chi connectivity index (χ3n) is 4.97. The Balaban J connectivity index is 0.00000261. The van der Waals surface area contributed by atoms with Crippen molar-refractivity contribution in [2.24, 2.45) is 5.92 Å². The fraction of sp³-hybridized carbons (Fsp3) is 0.409. The maximum atomic E-state index is 13.0. The molecule has 0 atom stereocenters. The predicted octanol–water partition coefficient (Wildman–Crippen LogP) is 4.15. The van der Waals surface area contributed by atoms with Gasteiger partial charge in [0.1, 0.15) is 12.4 Å². The summed E-state index contributed by atoms with van der Waals surface area (Å²) in [6.45, 7) is 6.27. The lowest BCUT2D eigenvalue weighted by Gasteiger charge is -2.32. The Hall–Kier alpha value is -2.04. The summed E-state index contributed by atoms with van der Waals surface area (Å²) in [5.74, 6) is 1.62. The number of ether oxygens (including phenoxy) is 1. The van der Waals surface area contributed by atoms with Gasteiger partial charge in [0.05, 0.1) is 0 Å². The Morgan fingerprint density at radius 1 is 1.07 bits per heavy atom. The molecule has 2 aromatic rings. The zero-order valence-corrected chi connectivity index (χ0v) is 16.7. The maximum absolute atomic E-state index is 13.0. The van der Waals surface area contributed by atoms with Crippen LogP contribution in [0.5, 0.6) is 5.75 Å². The summed E-state index contributed by atoms with van der Waals surface area (Å²) in [5, 5.41) is 3.42. The molecule has 146 valence electrons. The number of nitrogens with one attached hydrogen (secondary N) is 1. The van der Waals surface area contributed by atoms with E-state index >= 15 is 0 Å². The highest BCUT2D eigenvalue weighted by molar-refractivity contribution is 5.95. The molecule has 1 saturated heterocycles. The van der Waals surface area contributed by atoms with Gasteiger partial charge in [-0.15, -0.1) is 12.4 Å². The molecular weight excluding hydrogens is 360 g/mol. The highest BCUT2D eigenvalue weighted by Gasteiger charge is 2.24. The van der Waals surface area contributed by atoms with Gasteiger partial charge in [0.15, 0.2) is 0 Å². The standard InChI is InChI=1S/C22H28N2O2.ClH/c1-2-23-16-18-12-14-24(15-13-18)22(25)21-11-7-6-8-19(21)17-26-20-9-4-3-5-10-20;/h3-11,18,23H,2,12-17H2,1H3;1H. The third-order valence-corrected chi connectivity index (χ3v) is 4.97. The average Bonchev–Trinajstić information content (AvgIpc) is 2.71. The number of amides is 1. The van der Waals surface area contributed by atoms with Crippen molar-refractivity contribution in [1.29, 1.82) is 0 Å². The van der Waals surface area contributed by atoms with Crippen LogP contribution in [0.25, 0.3) is 0 Å². The second-order valence-electron chi connectivity index (χ2n) is 6.80. The molecule has 0 spiro atoms. The van der Waals surface area contributed by atoms with Crippen molar-refractivity contribution in [3.63, 3.8) is 0 Å². The molecule has 0 bridgehead atoms. The summed E-state index contributed by atoms with van der Waals surface area (Å²) < 4.78 is 5.85. The van der Waals surface area contributed by atoms with Gasteiger partial charge in [0, 0.05) is 24.2 Å². The first-order chi connectivity index (χ1) is 12.8. The van der Waals surface area contributed by atoms with E-state index in [0.717, 1.165) is 55.9 Å². The van der Waals surface area contributed by atoms with Gasteiger partial charge in [0.25, 0.3) is 5.91 Å². The van der Waals surface area contributed by atoms with Gasteiger partial charge in [-0.1, -0.05) is 43.3 Å². The number of para-hydroxylation sites is 1. The van der Waals surface area contributed by atoms with Crippen molar-refractivity contribution < 1.29 is 9.53 Å². The van der Waals surface area contributed by atoms with Crippen LogP contribution in [-0.2, 0) is 6.61 Å². The highest BCUT2D eigenvalue weighted by atomic mass is 35.5. The molecule has 0 unspecified atom stereocenters. The fourth-order valence-electron chi connectivity index (χ4n) is 3.39. The van der Waals surface area contributed by atoms with E-state index in [-0.39, 0.29) is 18.3 Å². The third kappa shape index (κ3) is 5.98. The van der Waals surface area contributed by atoms with Crippen LogP contribution in [0.3, 0.4) is 0 Å². The second-order valence-corrected chi connectivity index (χ2v) is 6.80. The van der Waals surface area contributed by atoms with E-state index < -0.39 is 0 Å². The molecule has 27 heavy (non-hydrogen) atoms. The molecule has 5 heteroatoms. The van der Waals surface area contributed by atoms with Crippen molar-refractivity contribution in [2.75, 3.05) is 26.2 Å². The van der Waals surface area contributed by atoms with Crippen LogP contribution in [-0.4, -0.2) is 37.0 Å². The maximum Gasteiger partial charge on any atom is 0.254 e. The van der Waals surface area contributed by atoms with Gasteiger partial charge >= 0.3 is 0 Å². The number of carbonyl (C=O) groups is 1. The van der Waals surface area contributed by atoms with Crippen molar-refractivity contribution in [1.82, 2.24) is 10.2 Å². The van der Waals surface area contributed by atoms with Crippen LogP contribution in [0.2, 0.25) is 0 Å². The van der Waals surface area contributed by atoms with Crippen LogP contribution >= 0.6 is 12.4 Å². The molecule has 4 nitrogen and oxygen atoms in total. The van der Waals surface area contributed by atoms with Crippen LogP contribution in [0.1, 0.15) is 35.7 Å². The Morgan fingerprint density at radius 3 is 2.44 bits per heavy atom. The zero-order chi connectivity index (χ0) is 18.2. The molecule has 1 N–H and O–H groups in total. The number of nitrogens with zero attached hydrogens (tertiary/aromatic N) is 1. The van der Waals surface area contributed by atoms with Crippen LogP contribution < -0.4 is 10.1 Å². The lowest BCUT2D eigenvalue weighted by molar-refractivity contribution is 0.0687. The van der Waals surface area contributed by atoms with E-state index in [1.54, 1.807) is 0 Å². The number of hydrogen-bond donors (Lipinski definition) is 1. The van der Waals surface area contributed by atoms with E-state index in [9.17, 15) is 4.79 Å². The molecule has 0 aliphatic carbocycles. The predicted molar refractivity (Wildman–Crippen MR) is 112 cm³/mol. The first kappa shape index (κ1) is 21.3. The Labute approximate surface area is 168 Å². The summed E-state index contributed by atoms with van der Waals surface area (Å²) in [4.78, 5) is 15.0. The molecule has 0 radical (unpaired) electrons. The van der Waals surface area contributed by atoms with E-state index in [4.69, 9.17) is 4.74 Å². The minimum absolute atomic E-state index is 0. The first-order valence-corrected chi connectivity index (χ1v) is 9.53. The number of benzene rings is 2. The summed E-state index contributed by atoms with van der Waals surface area (Å²) >= 11 is 0. The lowest BCUT2D eigenvalue weighted by atomic mass is 9.95. The van der Waals surface area contributed by atoms with E-state index in [1.807, 2.05) is 59.5 Å². The lowest BCUT2D eigenvalue weighted by Crippen LogP contribution is -2.41. The van der Waals surface area contributed by atoms with Gasteiger partial charge in [-0.2, -0.15) is 0 Å².